The molecule has 0 aliphatic carbocycles. The highest BCUT2D eigenvalue weighted by molar-refractivity contribution is 5.80. The van der Waals surface area contributed by atoms with Crippen LogP contribution >= 0.6 is 0 Å². The monoisotopic (exact) mass is 219 g/mol. The zero-order valence-corrected chi connectivity index (χ0v) is 8.69. The Morgan fingerprint density at radius 1 is 1.50 bits per heavy atom. The Hall–Kier alpha value is -1.59. The summed E-state index contributed by atoms with van der Waals surface area (Å²) in [7, 11) is 0. The van der Waals surface area contributed by atoms with Crippen LogP contribution in [0.25, 0.3) is 0 Å². The van der Waals surface area contributed by atoms with Crippen LogP contribution in [0.2, 0.25) is 0 Å². The third-order valence-electron chi connectivity index (χ3n) is 3.29. The number of carbonyl (C=O) groups is 1. The minimum atomic E-state index is -0.448. The number of hydrogen-bond donors (Lipinski definition) is 3. The summed E-state index contributed by atoms with van der Waals surface area (Å²) in [5.41, 5.74) is 9.80. The zero-order chi connectivity index (χ0) is 11.2. The lowest BCUT2D eigenvalue weighted by molar-refractivity contribution is -0.120. The number of para-hydroxylation sites is 1. The van der Waals surface area contributed by atoms with Crippen molar-refractivity contribution < 1.29 is 9.63 Å². The van der Waals surface area contributed by atoms with E-state index in [2.05, 4.69) is 10.8 Å². The maximum Gasteiger partial charge on any atom is 0.234 e. The van der Waals surface area contributed by atoms with E-state index < -0.39 is 5.60 Å². The first-order chi connectivity index (χ1) is 7.71. The van der Waals surface area contributed by atoms with Gasteiger partial charge in [-0.15, -0.1) is 0 Å². The Bertz CT molecular complexity index is 449. The van der Waals surface area contributed by atoms with Crippen molar-refractivity contribution in [1.29, 1.82) is 0 Å². The highest BCUT2D eigenvalue weighted by Gasteiger charge is 2.48. The molecule has 0 saturated carbocycles. The van der Waals surface area contributed by atoms with Gasteiger partial charge in [-0.1, -0.05) is 18.2 Å². The number of primary amides is 1. The number of rotatable bonds is 1. The molecule has 5 nitrogen and oxygen atoms in total. The van der Waals surface area contributed by atoms with Gasteiger partial charge in [-0.25, -0.2) is 0 Å². The van der Waals surface area contributed by atoms with Gasteiger partial charge in [0.1, 0.15) is 5.60 Å². The fourth-order valence-corrected chi connectivity index (χ4v) is 2.42. The van der Waals surface area contributed by atoms with Crippen LogP contribution in [-0.4, -0.2) is 18.5 Å². The van der Waals surface area contributed by atoms with E-state index in [0.717, 1.165) is 11.3 Å². The SMILES string of the molecule is NC(=O)[C@@H]1C[C@@]2(CN1)ONc1ccccc12. The average Bonchev–Trinajstić information content (AvgIpc) is 2.87. The van der Waals surface area contributed by atoms with Crippen molar-refractivity contribution in [3.63, 3.8) is 0 Å². The van der Waals surface area contributed by atoms with Crippen molar-refractivity contribution in [3.05, 3.63) is 29.8 Å². The fraction of sp³-hybridized carbons (Fsp3) is 0.364. The third-order valence-corrected chi connectivity index (χ3v) is 3.29. The summed E-state index contributed by atoms with van der Waals surface area (Å²) in [5, 5.41) is 3.09. The molecule has 84 valence electrons. The normalized spacial score (nSPS) is 31.4. The van der Waals surface area contributed by atoms with Crippen LogP contribution in [0.4, 0.5) is 5.69 Å². The topological polar surface area (TPSA) is 76.4 Å². The van der Waals surface area contributed by atoms with Gasteiger partial charge < -0.3 is 11.1 Å². The summed E-state index contributed by atoms with van der Waals surface area (Å²) < 4.78 is 0. The molecule has 2 atom stereocenters. The molecule has 1 fully saturated rings. The molecule has 5 heteroatoms. The highest BCUT2D eigenvalue weighted by Crippen LogP contribution is 2.43. The van der Waals surface area contributed by atoms with Crippen LogP contribution in [0.15, 0.2) is 24.3 Å². The number of amides is 1. The summed E-state index contributed by atoms with van der Waals surface area (Å²) in [6.45, 7) is 0.602. The van der Waals surface area contributed by atoms with Crippen molar-refractivity contribution in [2.24, 2.45) is 5.73 Å². The molecule has 0 aromatic heterocycles. The van der Waals surface area contributed by atoms with E-state index in [4.69, 9.17) is 10.6 Å². The molecule has 0 bridgehead atoms. The van der Waals surface area contributed by atoms with Crippen molar-refractivity contribution in [2.75, 3.05) is 12.0 Å². The second-order valence-electron chi connectivity index (χ2n) is 4.28. The van der Waals surface area contributed by atoms with Crippen molar-refractivity contribution >= 4 is 11.6 Å². The molecule has 1 aromatic carbocycles. The summed E-state index contributed by atoms with van der Waals surface area (Å²) in [6.07, 6.45) is 0.576. The predicted molar refractivity (Wildman–Crippen MR) is 58.4 cm³/mol. The Labute approximate surface area is 92.9 Å². The largest absolute Gasteiger partial charge is 0.368 e. The second kappa shape index (κ2) is 3.20. The molecule has 4 N–H and O–H groups in total. The third kappa shape index (κ3) is 1.22. The standard InChI is InChI=1S/C11H13N3O2/c12-10(15)9-5-11(6-13-9)7-3-1-2-4-8(7)14-16-11/h1-4,9,13-14H,5-6H2,(H2,12,15)/t9-,11-/m0/s1. The molecule has 1 saturated heterocycles. The van der Waals surface area contributed by atoms with Crippen LogP contribution in [0, 0.1) is 0 Å². The number of hydrogen-bond acceptors (Lipinski definition) is 4. The molecular weight excluding hydrogens is 206 g/mol. The maximum absolute atomic E-state index is 11.1. The molecule has 0 unspecified atom stereocenters. The first-order valence-electron chi connectivity index (χ1n) is 5.27. The highest BCUT2D eigenvalue weighted by atomic mass is 16.7. The Kier molecular flexibility index (Phi) is 1.92. The van der Waals surface area contributed by atoms with E-state index in [0.29, 0.717) is 13.0 Å². The second-order valence-corrected chi connectivity index (χ2v) is 4.28. The maximum atomic E-state index is 11.1. The van der Waals surface area contributed by atoms with Crippen LogP contribution in [-0.2, 0) is 15.2 Å². The zero-order valence-electron chi connectivity index (χ0n) is 8.69. The molecule has 1 aromatic rings. The van der Waals surface area contributed by atoms with Crippen molar-refractivity contribution in [2.45, 2.75) is 18.1 Å². The summed E-state index contributed by atoms with van der Waals surface area (Å²) in [4.78, 5) is 16.8. The van der Waals surface area contributed by atoms with Gasteiger partial charge in [-0.3, -0.25) is 15.1 Å². The van der Waals surface area contributed by atoms with Crippen LogP contribution < -0.4 is 16.5 Å². The number of carbonyl (C=O) groups excluding carboxylic acids is 1. The first-order valence-corrected chi connectivity index (χ1v) is 5.27. The van der Waals surface area contributed by atoms with Gasteiger partial charge in [0.25, 0.3) is 0 Å². The first kappa shape index (κ1) is 9.62. The quantitative estimate of drug-likeness (QED) is 0.625. The van der Waals surface area contributed by atoms with E-state index in [1.165, 1.54) is 0 Å². The molecule has 2 aliphatic heterocycles. The van der Waals surface area contributed by atoms with Gasteiger partial charge in [-0.05, 0) is 6.07 Å². The molecule has 2 aliphatic rings. The Morgan fingerprint density at radius 3 is 3.06 bits per heavy atom. The molecule has 2 heterocycles. The van der Waals surface area contributed by atoms with Crippen LogP contribution in [0.3, 0.4) is 0 Å². The summed E-state index contributed by atoms with van der Waals surface area (Å²) in [6, 6.07) is 7.58. The number of nitrogens with two attached hydrogens (primary N) is 1. The molecule has 1 amide bonds. The Balaban J connectivity index is 1.95. The minimum Gasteiger partial charge on any atom is -0.368 e. The van der Waals surface area contributed by atoms with Crippen LogP contribution in [0.5, 0.6) is 0 Å². The molecule has 16 heavy (non-hydrogen) atoms. The lowest BCUT2D eigenvalue weighted by atomic mass is 9.91. The van der Waals surface area contributed by atoms with Gasteiger partial charge in [0.2, 0.25) is 5.91 Å². The lowest BCUT2D eigenvalue weighted by Crippen LogP contribution is -2.36. The number of fused-ring (bicyclic) bond motifs is 2. The van der Waals surface area contributed by atoms with Gasteiger partial charge in [0, 0.05) is 18.5 Å². The van der Waals surface area contributed by atoms with E-state index in [-0.39, 0.29) is 11.9 Å². The van der Waals surface area contributed by atoms with Gasteiger partial charge in [0.15, 0.2) is 0 Å². The number of nitrogens with one attached hydrogen (secondary N) is 2. The predicted octanol–water partition coefficient (Wildman–Crippen LogP) is 0.0862. The van der Waals surface area contributed by atoms with E-state index in [9.17, 15) is 4.79 Å². The smallest absolute Gasteiger partial charge is 0.234 e. The minimum absolute atomic E-state index is 0.312. The molecular formula is C11H13N3O2. The lowest BCUT2D eigenvalue weighted by Gasteiger charge is -2.20. The molecule has 0 radical (unpaired) electrons. The number of benzene rings is 1. The van der Waals surface area contributed by atoms with Gasteiger partial charge in [-0.2, -0.15) is 0 Å². The summed E-state index contributed by atoms with van der Waals surface area (Å²) >= 11 is 0. The van der Waals surface area contributed by atoms with E-state index in [1.54, 1.807) is 0 Å². The fourth-order valence-electron chi connectivity index (χ4n) is 2.42. The van der Waals surface area contributed by atoms with Crippen molar-refractivity contribution in [3.8, 4) is 0 Å². The molecule has 1 spiro atoms. The van der Waals surface area contributed by atoms with Crippen LogP contribution in [0.1, 0.15) is 12.0 Å². The van der Waals surface area contributed by atoms with E-state index in [1.807, 2.05) is 24.3 Å². The average molecular weight is 219 g/mol. The van der Waals surface area contributed by atoms with Gasteiger partial charge >= 0.3 is 0 Å². The number of anilines is 1. The van der Waals surface area contributed by atoms with E-state index >= 15 is 0 Å². The van der Waals surface area contributed by atoms with Crippen molar-refractivity contribution in [1.82, 2.24) is 5.32 Å². The summed E-state index contributed by atoms with van der Waals surface area (Å²) in [5.74, 6) is -0.329. The molecule has 3 rings (SSSR count). The van der Waals surface area contributed by atoms with Gasteiger partial charge in [0.05, 0.1) is 11.7 Å². The Morgan fingerprint density at radius 2 is 2.31 bits per heavy atom.